The first-order chi connectivity index (χ1) is 8.08. The predicted molar refractivity (Wildman–Crippen MR) is 68.6 cm³/mol. The van der Waals surface area contributed by atoms with Crippen molar-refractivity contribution in [1.29, 1.82) is 0 Å². The van der Waals surface area contributed by atoms with Gasteiger partial charge in [-0.25, -0.2) is 0 Å². The lowest BCUT2D eigenvalue weighted by molar-refractivity contribution is -0.383. The molecule has 0 atom stereocenters. The third kappa shape index (κ3) is 2.22. The van der Waals surface area contributed by atoms with Crippen molar-refractivity contribution in [3.63, 3.8) is 0 Å². The third-order valence-electron chi connectivity index (χ3n) is 3.56. The van der Waals surface area contributed by atoms with Gasteiger partial charge in [-0.2, -0.15) is 0 Å². The smallest absolute Gasteiger partial charge is 0.310 e. The Bertz CT molecular complexity index is 439. The minimum Gasteiger partial charge on any atom is -0.374 e. The lowest BCUT2D eigenvalue weighted by Gasteiger charge is -2.42. The summed E-state index contributed by atoms with van der Waals surface area (Å²) in [6, 6.07) is 5.00. The second-order valence-corrected chi connectivity index (χ2v) is 4.91. The van der Waals surface area contributed by atoms with Gasteiger partial charge in [0.25, 0.3) is 0 Å². The fraction of sp³-hybridized carbons (Fsp3) is 0.500. The average molecular weight is 255 g/mol. The number of nitrogens with zero attached hydrogens (tertiary/aromatic N) is 1. The molecule has 17 heavy (non-hydrogen) atoms. The van der Waals surface area contributed by atoms with Gasteiger partial charge in [-0.05, 0) is 37.8 Å². The molecule has 1 N–H and O–H groups in total. The highest BCUT2D eigenvalue weighted by Gasteiger charge is 2.36. The molecule has 1 saturated carbocycles. The second-order valence-electron chi connectivity index (χ2n) is 4.51. The summed E-state index contributed by atoms with van der Waals surface area (Å²) >= 11 is 5.88. The monoisotopic (exact) mass is 254 g/mol. The Morgan fingerprint density at radius 1 is 1.53 bits per heavy atom. The van der Waals surface area contributed by atoms with Crippen molar-refractivity contribution in [2.75, 3.05) is 5.32 Å². The first kappa shape index (κ1) is 12.2. The zero-order valence-corrected chi connectivity index (χ0v) is 10.5. The number of hydrogen-bond acceptors (Lipinski definition) is 3. The fourth-order valence-corrected chi connectivity index (χ4v) is 2.50. The zero-order chi connectivity index (χ0) is 12.5. The lowest BCUT2D eigenvalue weighted by Crippen LogP contribution is -2.44. The molecule has 4 nitrogen and oxygen atoms in total. The van der Waals surface area contributed by atoms with E-state index in [1.807, 2.05) is 0 Å². The van der Waals surface area contributed by atoms with Gasteiger partial charge in [0.15, 0.2) is 0 Å². The average Bonchev–Trinajstić information content (AvgIpc) is 2.23. The third-order valence-corrected chi connectivity index (χ3v) is 3.86. The molecule has 0 radical (unpaired) electrons. The SMILES string of the molecule is CCC1(Nc2cccc(Cl)c2[N+](=O)[O-])CCC1. The topological polar surface area (TPSA) is 55.2 Å². The summed E-state index contributed by atoms with van der Waals surface area (Å²) < 4.78 is 0. The molecular weight excluding hydrogens is 240 g/mol. The first-order valence-corrected chi connectivity index (χ1v) is 6.17. The number of nitro groups is 1. The van der Waals surface area contributed by atoms with Crippen LogP contribution in [-0.2, 0) is 0 Å². The molecule has 1 fully saturated rings. The van der Waals surface area contributed by atoms with Crippen molar-refractivity contribution < 1.29 is 4.92 Å². The van der Waals surface area contributed by atoms with E-state index in [0.717, 1.165) is 19.3 Å². The van der Waals surface area contributed by atoms with Crippen LogP contribution in [0.1, 0.15) is 32.6 Å². The number of anilines is 1. The van der Waals surface area contributed by atoms with E-state index in [0.29, 0.717) is 5.69 Å². The lowest BCUT2D eigenvalue weighted by atomic mass is 9.74. The number of nitrogens with one attached hydrogen (secondary N) is 1. The number of halogens is 1. The Labute approximate surface area is 105 Å². The summed E-state index contributed by atoms with van der Waals surface area (Å²) in [5.74, 6) is 0. The second kappa shape index (κ2) is 4.53. The Kier molecular flexibility index (Phi) is 3.24. The molecule has 0 bridgehead atoms. The van der Waals surface area contributed by atoms with Gasteiger partial charge in [-0.15, -0.1) is 0 Å². The van der Waals surface area contributed by atoms with Crippen molar-refractivity contribution in [2.45, 2.75) is 38.1 Å². The van der Waals surface area contributed by atoms with Crippen LogP contribution in [0.4, 0.5) is 11.4 Å². The van der Waals surface area contributed by atoms with Crippen LogP contribution < -0.4 is 5.32 Å². The summed E-state index contributed by atoms with van der Waals surface area (Å²) in [6.07, 6.45) is 4.27. The van der Waals surface area contributed by atoms with Crippen LogP contribution >= 0.6 is 11.6 Å². The van der Waals surface area contributed by atoms with Gasteiger partial charge >= 0.3 is 5.69 Å². The van der Waals surface area contributed by atoms with Crippen LogP contribution in [0, 0.1) is 10.1 Å². The molecule has 5 heteroatoms. The Morgan fingerprint density at radius 2 is 2.24 bits per heavy atom. The Balaban J connectivity index is 2.32. The molecule has 1 aromatic carbocycles. The quantitative estimate of drug-likeness (QED) is 0.653. The van der Waals surface area contributed by atoms with Crippen molar-refractivity contribution >= 4 is 23.0 Å². The van der Waals surface area contributed by atoms with Crippen molar-refractivity contribution in [1.82, 2.24) is 0 Å². The molecule has 0 aliphatic heterocycles. The Morgan fingerprint density at radius 3 is 2.71 bits per heavy atom. The number of hydrogen-bond donors (Lipinski definition) is 1. The molecule has 1 aliphatic rings. The van der Waals surface area contributed by atoms with E-state index in [1.165, 1.54) is 6.42 Å². The van der Waals surface area contributed by atoms with Gasteiger partial charge in [0, 0.05) is 5.54 Å². The normalized spacial score (nSPS) is 17.3. The number of benzene rings is 1. The molecule has 0 saturated heterocycles. The summed E-state index contributed by atoms with van der Waals surface area (Å²) in [6.45, 7) is 2.10. The molecular formula is C12H15ClN2O2. The fourth-order valence-electron chi connectivity index (χ4n) is 2.26. The summed E-state index contributed by atoms with van der Waals surface area (Å²) in [5.41, 5.74) is 0.535. The maximum absolute atomic E-state index is 11.0. The molecule has 92 valence electrons. The highest BCUT2D eigenvalue weighted by Crippen LogP contribution is 2.41. The largest absolute Gasteiger partial charge is 0.374 e. The van der Waals surface area contributed by atoms with Crippen molar-refractivity contribution in [3.8, 4) is 0 Å². The van der Waals surface area contributed by atoms with Crippen molar-refractivity contribution in [3.05, 3.63) is 33.3 Å². The molecule has 0 heterocycles. The van der Waals surface area contributed by atoms with Crippen LogP contribution in [0.2, 0.25) is 5.02 Å². The van der Waals surface area contributed by atoms with Gasteiger partial charge in [0.05, 0.1) is 4.92 Å². The van der Waals surface area contributed by atoms with E-state index in [4.69, 9.17) is 11.6 Å². The van der Waals surface area contributed by atoms with E-state index in [-0.39, 0.29) is 16.2 Å². The van der Waals surface area contributed by atoms with E-state index in [9.17, 15) is 10.1 Å². The molecule has 2 rings (SSSR count). The summed E-state index contributed by atoms with van der Waals surface area (Å²) in [7, 11) is 0. The number of para-hydroxylation sites is 1. The van der Waals surface area contributed by atoms with Gasteiger partial charge in [-0.3, -0.25) is 10.1 Å². The van der Waals surface area contributed by atoms with Crippen LogP contribution in [0.5, 0.6) is 0 Å². The van der Waals surface area contributed by atoms with E-state index < -0.39 is 4.92 Å². The molecule has 0 unspecified atom stereocenters. The van der Waals surface area contributed by atoms with Crippen LogP contribution in [-0.4, -0.2) is 10.5 Å². The van der Waals surface area contributed by atoms with E-state index in [1.54, 1.807) is 18.2 Å². The van der Waals surface area contributed by atoms with E-state index >= 15 is 0 Å². The maximum atomic E-state index is 11.0. The Hall–Kier alpha value is -1.29. The standard InChI is InChI=1S/C12H15ClN2O2/c1-2-12(7-4-8-12)14-10-6-3-5-9(13)11(10)15(16)17/h3,5-6,14H,2,4,7-8H2,1H3. The molecule has 0 aromatic heterocycles. The molecule has 1 aromatic rings. The van der Waals surface area contributed by atoms with Crippen LogP contribution in [0.25, 0.3) is 0 Å². The number of nitro benzene ring substituents is 1. The predicted octanol–water partition coefficient (Wildman–Crippen LogP) is 3.99. The summed E-state index contributed by atoms with van der Waals surface area (Å²) in [5, 5.41) is 14.5. The molecule has 1 aliphatic carbocycles. The van der Waals surface area contributed by atoms with Gasteiger partial charge in [-0.1, -0.05) is 24.6 Å². The highest BCUT2D eigenvalue weighted by molar-refractivity contribution is 6.33. The summed E-state index contributed by atoms with van der Waals surface area (Å²) in [4.78, 5) is 10.6. The minimum atomic E-state index is -0.424. The number of rotatable bonds is 4. The van der Waals surface area contributed by atoms with Crippen LogP contribution in [0.15, 0.2) is 18.2 Å². The highest BCUT2D eigenvalue weighted by atomic mass is 35.5. The van der Waals surface area contributed by atoms with Gasteiger partial charge in [0.2, 0.25) is 0 Å². The van der Waals surface area contributed by atoms with E-state index in [2.05, 4.69) is 12.2 Å². The van der Waals surface area contributed by atoms with Gasteiger partial charge in [0.1, 0.15) is 10.7 Å². The molecule has 0 amide bonds. The van der Waals surface area contributed by atoms with Crippen molar-refractivity contribution in [2.24, 2.45) is 0 Å². The van der Waals surface area contributed by atoms with Gasteiger partial charge < -0.3 is 5.32 Å². The zero-order valence-electron chi connectivity index (χ0n) is 9.70. The minimum absolute atomic E-state index is 0.0195. The first-order valence-electron chi connectivity index (χ1n) is 5.79. The maximum Gasteiger partial charge on any atom is 0.310 e. The van der Waals surface area contributed by atoms with Crippen LogP contribution in [0.3, 0.4) is 0 Å². The molecule has 0 spiro atoms.